The van der Waals surface area contributed by atoms with E-state index in [1.807, 2.05) is 28.7 Å². The number of amides is 4. The zero-order valence-electron chi connectivity index (χ0n) is 21.0. The lowest BCUT2D eigenvalue weighted by Gasteiger charge is -2.50. The summed E-state index contributed by atoms with van der Waals surface area (Å²) in [5, 5.41) is 19.5. The first kappa shape index (κ1) is 29.6. The first-order valence-corrected chi connectivity index (χ1v) is 15.4. The summed E-state index contributed by atoms with van der Waals surface area (Å²) in [4.78, 5) is 63.6. The summed E-state index contributed by atoms with van der Waals surface area (Å²) in [7, 11) is 1.38. The number of methoxy groups -OCH3 is 1. The largest absolute Gasteiger partial charge is 0.504 e. The minimum absolute atomic E-state index is 0.0317. The van der Waals surface area contributed by atoms with Gasteiger partial charge in [0.25, 0.3) is 11.8 Å². The molecule has 40 heavy (non-hydrogen) atoms. The topological polar surface area (TPSA) is 142 Å². The number of aliphatic carboxylic acids is 1. The van der Waals surface area contributed by atoms with E-state index < -0.39 is 63.0 Å². The molecule has 3 fully saturated rings. The molecule has 4 aliphatic rings. The number of carboxylic acid groups (broad SMARTS) is 1. The number of carbonyl (C=O) groups excluding carboxylic acids is 4. The van der Waals surface area contributed by atoms with Crippen LogP contribution in [0.25, 0.3) is 0 Å². The van der Waals surface area contributed by atoms with Gasteiger partial charge in [0.05, 0.1) is 28.0 Å². The smallest absolute Gasteiger partial charge is 0.303 e. The molecule has 2 heterocycles. The molecule has 214 valence electrons. The molecule has 2 N–H and O–H groups in total. The van der Waals surface area contributed by atoms with Gasteiger partial charge in [0.1, 0.15) is 0 Å². The van der Waals surface area contributed by atoms with E-state index in [0.717, 1.165) is 9.80 Å². The normalized spacial score (nSPS) is 33.1. The van der Waals surface area contributed by atoms with Crippen LogP contribution in [0.3, 0.4) is 0 Å². The Kier molecular flexibility index (Phi) is 7.71. The molecule has 5 rings (SSSR count). The molecular weight excluding hydrogens is 746 g/mol. The second-order valence-corrected chi connectivity index (χ2v) is 13.3. The summed E-state index contributed by atoms with van der Waals surface area (Å²) < 4.78 is 5.77. The standard InChI is InChI=1S/C26H24BrCl2IN2O8/c1-40-16-8-11(7-15(30)20(16)35)19-12-4-5-13-18(22(37)31(21(13)36)6-2-3-17(33)34)14(12)9-25(28)23(38)32(10-27)24(39)26(19,25)29/h4,7-8,13-14,18-19,35H,2-3,5-6,9-10H2,1H3,(H,33,34)/t13-,14+,18-,19-,25+,26-/m0/s1. The summed E-state index contributed by atoms with van der Waals surface area (Å²) >= 11 is 19.5. The van der Waals surface area contributed by atoms with Gasteiger partial charge in [0, 0.05) is 18.9 Å². The number of hydrogen-bond donors (Lipinski definition) is 2. The lowest BCUT2D eigenvalue weighted by molar-refractivity contribution is -0.142. The lowest BCUT2D eigenvalue weighted by Crippen LogP contribution is -2.60. The Morgan fingerprint density at radius 2 is 1.85 bits per heavy atom. The molecule has 0 unspecified atom stereocenters. The van der Waals surface area contributed by atoms with E-state index in [-0.39, 0.29) is 49.2 Å². The number of rotatable bonds is 7. The average Bonchev–Trinajstić information content (AvgIpc) is 3.23. The highest BCUT2D eigenvalue weighted by Gasteiger charge is 2.76. The Balaban J connectivity index is 1.66. The van der Waals surface area contributed by atoms with Gasteiger partial charge in [-0.15, -0.1) is 23.2 Å². The van der Waals surface area contributed by atoms with E-state index in [9.17, 15) is 29.1 Å². The second kappa shape index (κ2) is 10.4. The van der Waals surface area contributed by atoms with Gasteiger partial charge in [-0.2, -0.15) is 0 Å². The predicted octanol–water partition coefficient (Wildman–Crippen LogP) is 3.58. The van der Waals surface area contributed by atoms with Gasteiger partial charge >= 0.3 is 5.97 Å². The Labute approximate surface area is 261 Å². The molecule has 14 heteroatoms. The van der Waals surface area contributed by atoms with Crippen molar-refractivity contribution < 1.29 is 38.9 Å². The first-order valence-electron chi connectivity index (χ1n) is 12.5. The summed E-state index contributed by atoms with van der Waals surface area (Å²) in [6, 6.07) is 3.17. The molecule has 4 amide bonds. The number of likely N-dealkylation sites (tertiary alicyclic amines) is 2. The summed E-state index contributed by atoms with van der Waals surface area (Å²) in [5.74, 6) is -6.49. The minimum Gasteiger partial charge on any atom is -0.504 e. The molecule has 0 spiro atoms. The van der Waals surface area contributed by atoms with E-state index >= 15 is 0 Å². The fraction of sp³-hybridized carbons (Fsp3) is 0.500. The van der Waals surface area contributed by atoms with Crippen molar-refractivity contribution >= 4 is 91.3 Å². The molecule has 0 aromatic heterocycles. The van der Waals surface area contributed by atoms with Crippen molar-refractivity contribution in [2.24, 2.45) is 17.8 Å². The van der Waals surface area contributed by atoms with E-state index in [0.29, 0.717) is 14.7 Å². The van der Waals surface area contributed by atoms with Crippen LogP contribution in [0.15, 0.2) is 23.8 Å². The van der Waals surface area contributed by atoms with Crippen LogP contribution in [0.5, 0.6) is 11.5 Å². The molecular formula is C26H24BrCl2IN2O8. The van der Waals surface area contributed by atoms with Crippen LogP contribution in [-0.4, -0.2) is 78.5 Å². The maximum atomic E-state index is 13.8. The number of hydrogen-bond acceptors (Lipinski definition) is 7. The molecule has 2 aliphatic heterocycles. The SMILES string of the molecule is COc1cc([C@H]2C3=CC[C@@H]4C(=O)N(CCCC(=O)O)C(=O)[C@@H]4[C@@H]3C[C@@]3(Cl)C(=O)N(CBr)C(=O)[C@@]23Cl)cc(I)c1O. The van der Waals surface area contributed by atoms with Gasteiger partial charge in [0.15, 0.2) is 21.2 Å². The highest BCUT2D eigenvalue weighted by Crippen LogP contribution is 2.65. The average molecular weight is 770 g/mol. The van der Waals surface area contributed by atoms with Crippen LogP contribution in [0.4, 0.5) is 0 Å². The Bertz CT molecular complexity index is 1390. The Morgan fingerprint density at radius 1 is 1.15 bits per heavy atom. The lowest BCUT2D eigenvalue weighted by atomic mass is 9.56. The number of alkyl halides is 3. The Hall–Kier alpha value is -1.90. The third kappa shape index (κ3) is 4.03. The maximum Gasteiger partial charge on any atom is 0.303 e. The van der Waals surface area contributed by atoms with Crippen LogP contribution >= 0.6 is 61.7 Å². The molecule has 1 saturated carbocycles. The number of aromatic hydroxyl groups is 1. The fourth-order valence-corrected chi connectivity index (χ4v) is 8.77. The molecule has 6 atom stereocenters. The second-order valence-electron chi connectivity index (χ2n) is 10.4. The van der Waals surface area contributed by atoms with Crippen LogP contribution in [0.1, 0.15) is 37.2 Å². The van der Waals surface area contributed by atoms with Crippen LogP contribution < -0.4 is 4.74 Å². The predicted molar refractivity (Wildman–Crippen MR) is 154 cm³/mol. The van der Waals surface area contributed by atoms with E-state index in [1.165, 1.54) is 13.2 Å². The van der Waals surface area contributed by atoms with Crippen molar-refractivity contribution in [3.8, 4) is 11.5 Å². The highest BCUT2D eigenvalue weighted by molar-refractivity contribution is 14.1. The van der Waals surface area contributed by atoms with Crippen molar-refractivity contribution in [3.05, 3.63) is 32.9 Å². The molecule has 2 saturated heterocycles. The number of nitrogens with zero attached hydrogens (tertiary/aromatic N) is 2. The summed E-state index contributed by atoms with van der Waals surface area (Å²) in [5.41, 5.74) is 0.935. The molecule has 10 nitrogen and oxygen atoms in total. The van der Waals surface area contributed by atoms with E-state index in [1.54, 1.807) is 6.07 Å². The molecule has 0 bridgehead atoms. The summed E-state index contributed by atoms with van der Waals surface area (Å²) in [6.07, 6.45) is 1.78. The van der Waals surface area contributed by atoms with Gasteiger partial charge < -0.3 is 14.9 Å². The van der Waals surface area contributed by atoms with Crippen LogP contribution in [0, 0.1) is 21.3 Å². The van der Waals surface area contributed by atoms with E-state index in [4.69, 9.17) is 33.0 Å². The van der Waals surface area contributed by atoms with Crippen molar-refractivity contribution in [3.63, 3.8) is 0 Å². The number of ether oxygens (including phenoxy) is 1. The van der Waals surface area contributed by atoms with Crippen molar-refractivity contribution in [1.82, 2.24) is 9.80 Å². The molecule has 2 aliphatic carbocycles. The number of benzene rings is 1. The van der Waals surface area contributed by atoms with Gasteiger partial charge in [0.2, 0.25) is 11.8 Å². The highest BCUT2D eigenvalue weighted by atomic mass is 127. The number of imide groups is 2. The van der Waals surface area contributed by atoms with E-state index in [2.05, 4.69) is 15.9 Å². The van der Waals surface area contributed by atoms with Gasteiger partial charge in [-0.05, 0) is 65.5 Å². The number of carbonyl (C=O) groups is 5. The molecule has 1 aromatic carbocycles. The zero-order valence-corrected chi connectivity index (χ0v) is 26.3. The molecule has 1 aromatic rings. The quantitative estimate of drug-likeness (QED) is 0.141. The minimum atomic E-state index is -1.97. The van der Waals surface area contributed by atoms with Gasteiger partial charge in [-0.25, -0.2) is 0 Å². The number of fused-ring (bicyclic) bond motifs is 4. The van der Waals surface area contributed by atoms with Crippen LogP contribution in [0.2, 0.25) is 0 Å². The zero-order chi connectivity index (χ0) is 29.3. The van der Waals surface area contributed by atoms with Crippen molar-refractivity contribution in [1.29, 1.82) is 0 Å². The number of halogens is 4. The Morgan fingerprint density at radius 3 is 2.48 bits per heavy atom. The van der Waals surface area contributed by atoms with Crippen LogP contribution in [-0.2, 0) is 24.0 Å². The molecule has 0 radical (unpaired) electrons. The summed E-state index contributed by atoms with van der Waals surface area (Å²) in [6.45, 7) is -0.0317. The van der Waals surface area contributed by atoms with Gasteiger partial charge in [-0.3, -0.25) is 33.8 Å². The number of allylic oxidation sites excluding steroid dienone is 2. The monoisotopic (exact) mass is 768 g/mol. The third-order valence-electron chi connectivity index (χ3n) is 8.48. The third-order valence-corrected chi connectivity index (χ3v) is 11.2. The van der Waals surface area contributed by atoms with Crippen molar-refractivity contribution in [2.75, 3.05) is 19.1 Å². The first-order chi connectivity index (χ1) is 18.8. The van der Waals surface area contributed by atoms with Crippen molar-refractivity contribution in [2.45, 2.75) is 41.3 Å². The maximum absolute atomic E-state index is 13.8. The fourth-order valence-electron chi connectivity index (χ4n) is 6.72. The number of carboxylic acids is 1. The number of phenolic OH excluding ortho intramolecular Hbond substituents is 1. The van der Waals surface area contributed by atoms with Gasteiger partial charge in [-0.1, -0.05) is 27.6 Å². The number of phenols is 1.